The number of anilines is 1. The van der Waals surface area contributed by atoms with E-state index in [9.17, 15) is 14.9 Å². The molecule has 7 nitrogen and oxygen atoms in total. The summed E-state index contributed by atoms with van der Waals surface area (Å²) in [6.07, 6.45) is 3.52. The van der Waals surface area contributed by atoms with E-state index in [1.165, 1.54) is 16.8 Å². The van der Waals surface area contributed by atoms with E-state index in [1.807, 2.05) is 13.2 Å². The van der Waals surface area contributed by atoms with E-state index in [2.05, 4.69) is 10.4 Å². The lowest BCUT2D eigenvalue weighted by atomic mass is 10.2. The van der Waals surface area contributed by atoms with Crippen molar-refractivity contribution in [3.8, 4) is 5.69 Å². The molecule has 0 bridgehead atoms. The molecule has 116 valence electrons. The van der Waals surface area contributed by atoms with E-state index in [0.717, 1.165) is 5.75 Å². The number of carbonyl (C=O) groups is 1. The van der Waals surface area contributed by atoms with Gasteiger partial charge in [0.05, 0.1) is 16.8 Å². The van der Waals surface area contributed by atoms with Gasteiger partial charge in [0.25, 0.3) is 5.69 Å². The molecule has 0 radical (unpaired) electrons. The molecule has 22 heavy (non-hydrogen) atoms. The van der Waals surface area contributed by atoms with Crippen molar-refractivity contribution in [2.24, 2.45) is 5.92 Å². The number of nitrogens with zero attached hydrogens (tertiary/aromatic N) is 3. The molecular formula is C14H16N4O3S. The lowest BCUT2D eigenvalue weighted by molar-refractivity contribution is -0.384. The Balaban J connectivity index is 2.18. The Hall–Kier alpha value is -2.35. The second-order valence-corrected chi connectivity index (χ2v) is 5.66. The fourth-order valence-corrected chi connectivity index (χ4v) is 2.55. The summed E-state index contributed by atoms with van der Waals surface area (Å²) in [5, 5.41) is 17.6. The van der Waals surface area contributed by atoms with Crippen LogP contribution in [0.25, 0.3) is 5.69 Å². The third-order valence-electron chi connectivity index (χ3n) is 3.06. The zero-order valence-electron chi connectivity index (χ0n) is 12.2. The Morgan fingerprint density at radius 2 is 2.09 bits per heavy atom. The van der Waals surface area contributed by atoms with Crippen LogP contribution in [0.4, 0.5) is 11.5 Å². The normalized spacial score (nSPS) is 11.9. The quantitative estimate of drug-likeness (QED) is 0.653. The minimum atomic E-state index is -0.459. The second kappa shape index (κ2) is 7.08. The Morgan fingerprint density at radius 1 is 1.41 bits per heavy atom. The molecule has 1 amide bonds. The maximum atomic E-state index is 12.1. The van der Waals surface area contributed by atoms with Gasteiger partial charge in [-0.05, 0) is 18.4 Å². The van der Waals surface area contributed by atoms with E-state index in [1.54, 1.807) is 36.2 Å². The van der Waals surface area contributed by atoms with E-state index in [4.69, 9.17) is 0 Å². The number of non-ortho nitro benzene ring substituents is 1. The SMILES string of the molecule is CSC[C@H](C)C(=O)Nc1ccnn1-c1ccc([N+](=O)[O-])cc1. The van der Waals surface area contributed by atoms with Crippen molar-refractivity contribution in [2.75, 3.05) is 17.3 Å². The minimum absolute atomic E-state index is 0.00934. The topological polar surface area (TPSA) is 90.1 Å². The number of nitro groups is 1. The first-order valence-corrected chi connectivity index (χ1v) is 8.01. The summed E-state index contributed by atoms with van der Waals surface area (Å²) in [5.74, 6) is 1.07. The number of amides is 1. The number of thioether (sulfide) groups is 1. The number of hydrogen-bond donors (Lipinski definition) is 1. The standard InChI is InChI=1S/C14H16N4O3S/c1-10(9-22-2)14(19)16-13-7-8-15-17(13)11-3-5-12(6-4-11)18(20)21/h3-8,10H,9H2,1-2H3,(H,16,19)/t10-/m0/s1. The van der Waals surface area contributed by atoms with E-state index < -0.39 is 4.92 Å². The fraction of sp³-hybridized carbons (Fsp3) is 0.286. The Kier molecular flexibility index (Phi) is 5.16. The number of nitrogens with one attached hydrogen (secondary N) is 1. The molecule has 0 aliphatic heterocycles. The monoisotopic (exact) mass is 320 g/mol. The van der Waals surface area contributed by atoms with E-state index in [-0.39, 0.29) is 17.5 Å². The van der Waals surface area contributed by atoms with Gasteiger partial charge in [-0.2, -0.15) is 16.9 Å². The van der Waals surface area contributed by atoms with Crippen LogP contribution in [-0.4, -0.2) is 32.6 Å². The third-order valence-corrected chi connectivity index (χ3v) is 3.90. The molecule has 0 aliphatic rings. The Bertz CT molecular complexity index is 669. The van der Waals surface area contributed by atoms with Crippen LogP contribution in [0.2, 0.25) is 0 Å². The first-order chi connectivity index (χ1) is 10.5. The van der Waals surface area contributed by atoms with Crippen molar-refractivity contribution in [1.82, 2.24) is 9.78 Å². The predicted octanol–water partition coefficient (Wildman–Crippen LogP) is 2.72. The van der Waals surface area contributed by atoms with Crippen LogP contribution in [0.1, 0.15) is 6.92 Å². The number of carbonyl (C=O) groups excluding carboxylic acids is 1. The fourth-order valence-electron chi connectivity index (χ4n) is 1.89. The maximum absolute atomic E-state index is 12.1. The van der Waals surface area contributed by atoms with Crippen molar-refractivity contribution in [3.63, 3.8) is 0 Å². The Labute approximate surface area is 131 Å². The van der Waals surface area contributed by atoms with Crippen LogP contribution in [-0.2, 0) is 4.79 Å². The molecule has 1 heterocycles. The summed E-state index contributed by atoms with van der Waals surface area (Å²) in [6, 6.07) is 7.67. The van der Waals surface area contributed by atoms with Crippen LogP contribution in [0.5, 0.6) is 0 Å². The minimum Gasteiger partial charge on any atom is -0.310 e. The highest BCUT2D eigenvalue weighted by atomic mass is 32.2. The highest BCUT2D eigenvalue weighted by Gasteiger charge is 2.15. The summed E-state index contributed by atoms with van der Waals surface area (Å²) in [4.78, 5) is 22.3. The van der Waals surface area contributed by atoms with Crippen molar-refractivity contribution < 1.29 is 9.72 Å². The number of hydrogen-bond acceptors (Lipinski definition) is 5. The smallest absolute Gasteiger partial charge is 0.269 e. The largest absolute Gasteiger partial charge is 0.310 e. The van der Waals surface area contributed by atoms with Crippen LogP contribution in [0.15, 0.2) is 36.5 Å². The zero-order valence-corrected chi connectivity index (χ0v) is 13.0. The average molecular weight is 320 g/mol. The summed E-state index contributed by atoms with van der Waals surface area (Å²) >= 11 is 1.61. The van der Waals surface area contributed by atoms with Gasteiger partial charge in [-0.3, -0.25) is 14.9 Å². The van der Waals surface area contributed by atoms with E-state index >= 15 is 0 Å². The summed E-state index contributed by atoms with van der Waals surface area (Å²) in [5.41, 5.74) is 0.651. The molecule has 8 heteroatoms. The lowest BCUT2D eigenvalue weighted by Crippen LogP contribution is -2.23. The van der Waals surface area contributed by atoms with Gasteiger partial charge in [-0.1, -0.05) is 6.92 Å². The molecule has 0 saturated heterocycles. The van der Waals surface area contributed by atoms with Crippen molar-refractivity contribution in [2.45, 2.75) is 6.92 Å². The van der Waals surface area contributed by atoms with Gasteiger partial charge in [0.1, 0.15) is 5.82 Å². The van der Waals surface area contributed by atoms with Gasteiger partial charge < -0.3 is 5.32 Å². The third kappa shape index (κ3) is 3.64. The van der Waals surface area contributed by atoms with Gasteiger partial charge in [0, 0.05) is 29.9 Å². The van der Waals surface area contributed by atoms with Gasteiger partial charge in [0.2, 0.25) is 5.91 Å². The van der Waals surface area contributed by atoms with Crippen molar-refractivity contribution in [1.29, 1.82) is 0 Å². The maximum Gasteiger partial charge on any atom is 0.269 e. The van der Waals surface area contributed by atoms with Crippen molar-refractivity contribution in [3.05, 3.63) is 46.6 Å². The molecule has 0 unspecified atom stereocenters. The molecule has 1 N–H and O–H groups in total. The molecule has 0 spiro atoms. The molecular weight excluding hydrogens is 304 g/mol. The van der Waals surface area contributed by atoms with Crippen LogP contribution in [0, 0.1) is 16.0 Å². The van der Waals surface area contributed by atoms with Gasteiger partial charge in [-0.15, -0.1) is 0 Å². The molecule has 0 saturated carbocycles. The van der Waals surface area contributed by atoms with Gasteiger partial charge >= 0.3 is 0 Å². The molecule has 2 aromatic rings. The highest BCUT2D eigenvalue weighted by molar-refractivity contribution is 7.98. The van der Waals surface area contributed by atoms with Crippen LogP contribution >= 0.6 is 11.8 Å². The summed E-state index contributed by atoms with van der Waals surface area (Å²) < 4.78 is 1.54. The van der Waals surface area contributed by atoms with Crippen molar-refractivity contribution >= 4 is 29.2 Å². The average Bonchev–Trinajstić information content (AvgIpc) is 2.95. The van der Waals surface area contributed by atoms with Crippen LogP contribution in [0.3, 0.4) is 0 Å². The number of nitro benzene ring substituents is 1. The van der Waals surface area contributed by atoms with E-state index in [0.29, 0.717) is 11.5 Å². The number of rotatable bonds is 6. The van der Waals surface area contributed by atoms with Gasteiger partial charge in [-0.25, -0.2) is 4.68 Å². The molecule has 1 atom stereocenters. The first-order valence-electron chi connectivity index (χ1n) is 6.61. The second-order valence-electron chi connectivity index (χ2n) is 4.75. The highest BCUT2D eigenvalue weighted by Crippen LogP contribution is 2.19. The molecule has 2 rings (SSSR count). The molecule has 0 aliphatic carbocycles. The molecule has 1 aromatic heterocycles. The zero-order chi connectivity index (χ0) is 16.1. The van der Waals surface area contributed by atoms with Gasteiger partial charge in [0.15, 0.2) is 0 Å². The first kappa shape index (κ1) is 16.0. The van der Waals surface area contributed by atoms with Crippen LogP contribution < -0.4 is 5.32 Å². The number of aromatic nitrogens is 2. The predicted molar refractivity (Wildman–Crippen MR) is 86.4 cm³/mol. The molecule has 1 aromatic carbocycles. The lowest BCUT2D eigenvalue weighted by Gasteiger charge is -2.12. The molecule has 0 fully saturated rings. The Morgan fingerprint density at radius 3 is 2.68 bits per heavy atom. The summed E-state index contributed by atoms with van der Waals surface area (Å²) in [6.45, 7) is 1.86. The summed E-state index contributed by atoms with van der Waals surface area (Å²) in [7, 11) is 0. The number of benzene rings is 1.